The first-order chi connectivity index (χ1) is 9.04. The number of halogens is 1. The lowest BCUT2D eigenvalue weighted by Crippen LogP contribution is -2.18. The maximum absolute atomic E-state index is 12.8. The maximum atomic E-state index is 12.8. The molecule has 19 heavy (non-hydrogen) atoms. The Morgan fingerprint density at radius 2 is 1.68 bits per heavy atom. The minimum atomic E-state index is -0.182. The molecule has 0 fully saturated rings. The van der Waals surface area contributed by atoms with E-state index in [4.69, 9.17) is 0 Å². The Bertz CT molecular complexity index is 546. The lowest BCUT2D eigenvalue weighted by atomic mass is 10.1. The van der Waals surface area contributed by atoms with Gasteiger partial charge in [-0.1, -0.05) is 18.2 Å². The first kappa shape index (κ1) is 13.6. The Morgan fingerprint density at radius 3 is 2.32 bits per heavy atom. The van der Waals surface area contributed by atoms with Crippen molar-refractivity contribution >= 4 is 5.69 Å². The van der Waals surface area contributed by atoms with E-state index in [1.165, 1.54) is 23.3 Å². The second kappa shape index (κ2) is 5.87. The van der Waals surface area contributed by atoms with E-state index in [2.05, 4.69) is 44.3 Å². The average molecular weight is 257 g/mol. The van der Waals surface area contributed by atoms with Crippen molar-refractivity contribution in [2.75, 3.05) is 5.32 Å². The molecule has 2 heteroatoms. The molecule has 1 unspecified atom stereocenters. The Kier molecular flexibility index (Phi) is 4.20. The standard InChI is InChI=1S/C17H20FN/c1-12-4-9-17(10-13(12)2)19-14(3)11-15-5-7-16(18)8-6-15/h4-10,14,19H,11H2,1-3H3. The van der Waals surface area contributed by atoms with Crippen LogP contribution in [0, 0.1) is 19.7 Å². The summed E-state index contributed by atoms with van der Waals surface area (Å²) in [6, 6.07) is 13.4. The van der Waals surface area contributed by atoms with Crippen LogP contribution >= 0.6 is 0 Å². The van der Waals surface area contributed by atoms with Crippen molar-refractivity contribution in [2.45, 2.75) is 33.2 Å². The second-order valence-electron chi connectivity index (χ2n) is 5.18. The molecule has 0 amide bonds. The van der Waals surface area contributed by atoms with Crippen molar-refractivity contribution in [3.8, 4) is 0 Å². The maximum Gasteiger partial charge on any atom is 0.123 e. The Morgan fingerprint density at radius 1 is 1.00 bits per heavy atom. The third-order valence-corrected chi connectivity index (χ3v) is 3.38. The summed E-state index contributed by atoms with van der Waals surface area (Å²) in [5, 5.41) is 3.48. The molecule has 2 aromatic rings. The molecule has 0 aliphatic carbocycles. The monoisotopic (exact) mass is 257 g/mol. The van der Waals surface area contributed by atoms with Crippen LogP contribution in [0.1, 0.15) is 23.6 Å². The van der Waals surface area contributed by atoms with Gasteiger partial charge in [0.1, 0.15) is 5.82 Å². The Labute approximate surface area is 114 Å². The van der Waals surface area contributed by atoms with Gasteiger partial charge in [-0.3, -0.25) is 0 Å². The number of benzene rings is 2. The third kappa shape index (κ3) is 3.82. The fraction of sp³-hybridized carbons (Fsp3) is 0.294. The molecule has 1 atom stereocenters. The smallest absolute Gasteiger partial charge is 0.123 e. The number of hydrogen-bond acceptors (Lipinski definition) is 1. The van der Waals surface area contributed by atoms with Gasteiger partial charge in [-0.2, -0.15) is 0 Å². The van der Waals surface area contributed by atoms with Gasteiger partial charge in [-0.25, -0.2) is 4.39 Å². The van der Waals surface area contributed by atoms with E-state index in [-0.39, 0.29) is 5.82 Å². The van der Waals surface area contributed by atoms with Gasteiger partial charge in [0.05, 0.1) is 0 Å². The zero-order valence-corrected chi connectivity index (χ0v) is 11.7. The van der Waals surface area contributed by atoms with E-state index in [9.17, 15) is 4.39 Å². The molecular formula is C17H20FN. The number of anilines is 1. The van der Waals surface area contributed by atoms with Crippen LogP contribution in [0.3, 0.4) is 0 Å². The predicted octanol–water partition coefficient (Wildman–Crippen LogP) is 4.49. The van der Waals surface area contributed by atoms with Gasteiger partial charge in [-0.05, 0) is 68.1 Å². The van der Waals surface area contributed by atoms with Crippen molar-refractivity contribution in [1.82, 2.24) is 0 Å². The number of hydrogen-bond donors (Lipinski definition) is 1. The molecule has 0 bridgehead atoms. The highest BCUT2D eigenvalue weighted by Crippen LogP contribution is 2.16. The van der Waals surface area contributed by atoms with Crippen LogP contribution in [0.4, 0.5) is 10.1 Å². The summed E-state index contributed by atoms with van der Waals surface area (Å²) in [6.45, 7) is 6.37. The molecule has 0 saturated carbocycles. The van der Waals surface area contributed by atoms with E-state index < -0.39 is 0 Å². The molecule has 0 spiro atoms. The quantitative estimate of drug-likeness (QED) is 0.851. The van der Waals surface area contributed by atoms with Gasteiger partial charge in [0.2, 0.25) is 0 Å². The summed E-state index contributed by atoms with van der Waals surface area (Å²) in [4.78, 5) is 0. The molecule has 0 heterocycles. The summed E-state index contributed by atoms with van der Waals surface area (Å²) in [6.07, 6.45) is 0.882. The number of rotatable bonds is 4. The Balaban J connectivity index is 1.98. The molecule has 100 valence electrons. The van der Waals surface area contributed by atoms with Gasteiger partial charge in [0.15, 0.2) is 0 Å². The molecule has 1 N–H and O–H groups in total. The van der Waals surface area contributed by atoms with E-state index in [0.717, 1.165) is 17.7 Å². The van der Waals surface area contributed by atoms with Crippen molar-refractivity contribution < 1.29 is 4.39 Å². The van der Waals surface area contributed by atoms with Gasteiger partial charge < -0.3 is 5.32 Å². The average Bonchev–Trinajstić information content (AvgIpc) is 2.37. The molecule has 2 aromatic carbocycles. The first-order valence-corrected chi connectivity index (χ1v) is 6.63. The number of nitrogens with one attached hydrogen (secondary N) is 1. The van der Waals surface area contributed by atoms with Crippen molar-refractivity contribution in [1.29, 1.82) is 0 Å². The summed E-state index contributed by atoms with van der Waals surface area (Å²) in [7, 11) is 0. The fourth-order valence-electron chi connectivity index (χ4n) is 2.14. The van der Waals surface area contributed by atoms with Crippen molar-refractivity contribution in [3.63, 3.8) is 0 Å². The van der Waals surface area contributed by atoms with Crippen LogP contribution in [0.2, 0.25) is 0 Å². The fourth-order valence-corrected chi connectivity index (χ4v) is 2.14. The van der Waals surface area contributed by atoms with Gasteiger partial charge in [-0.15, -0.1) is 0 Å². The van der Waals surface area contributed by atoms with Crippen LogP contribution in [-0.4, -0.2) is 6.04 Å². The molecule has 0 aromatic heterocycles. The van der Waals surface area contributed by atoms with E-state index in [1.807, 2.05) is 12.1 Å². The summed E-state index contributed by atoms with van der Waals surface area (Å²) in [5.41, 5.74) is 4.87. The largest absolute Gasteiger partial charge is 0.382 e. The van der Waals surface area contributed by atoms with Gasteiger partial charge in [0.25, 0.3) is 0 Å². The molecule has 1 nitrogen and oxygen atoms in total. The van der Waals surface area contributed by atoms with Crippen LogP contribution in [0.5, 0.6) is 0 Å². The lowest BCUT2D eigenvalue weighted by Gasteiger charge is -2.16. The third-order valence-electron chi connectivity index (χ3n) is 3.38. The lowest BCUT2D eigenvalue weighted by molar-refractivity contribution is 0.626. The molecule has 2 rings (SSSR count). The normalized spacial score (nSPS) is 12.2. The van der Waals surface area contributed by atoms with Crippen molar-refractivity contribution in [3.05, 3.63) is 65.0 Å². The summed E-state index contributed by atoms with van der Waals surface area (Å²) >= 11 is 0. The highest BCUT2D eigenvalue weighted by molar-refractivity contribution is 5.48. The minimum absolute atomic E-state index is 0.182. The molecule has 0 radical (unpaired) electrons. The van der Waals surface area contributed by atoms with Crippen LogP contribution in [0.25, 0.3) is 0 Å². The van der Waals surface area contributed by atoms with Crippen LogP contribution in [-0.2, 0) is 6.42 Å². The molecule has 0 aliphatic rings. The Hall–Kier alpha value is -1.83. The van der Waals surface area contributed by atoms with Crippen LogP contribution < -0.4 is 5.32 Å². The predicted molar refractivity (Wildman–Crippen MR) is 79.1 cm³/mol. The SMILES string of the molecule is Cc1ccc(NC(C)Cc2ccc(F)cc2)cc1C. The second-order valence-corrected chi connectivity index (χ2v) is 5.18. The topological polar surface area (TPSA) is 12.0 Å². The van der Waals surface area contributed by atoms with Crippen molar-refractivity contribution in [2.24, 2.45) is 0 Å². The summed E-state index contributed by atoms with van der Waals surface area (Å²) in [5.74, 6) is -0.182. The zero-order valence-electron chi connectivity index (χ0n) is 11.7. The van der Waals surface area contributed by atoms with Crippen LogP contribution in [0.15, 0.2) is 42.5 Å². The van der Waals surface area contributed by atoms with Gasteiger partial charge in [0, 0.05) is 11.7 Å². The van der Waals surface area contributed by atoms with Gasteiger partial charge >= 0.3 is 0 Å². The number of aryl methyl sites for hydroxylation is 2. The molecule has 0 aliphatic heterocycles. The highest BCUT2D eigenvalue weighted by atomic mass is 19.1. The molecule has 0 saturated heterocycles. The minimum Gasteiger partial charge on any atom is -0.382 e. The van der Waals surface area contributed by atoms with E-state index in [0.29, 0.717) is 6.04 Å². The zero-order chi connectivity index (χ0) is 13.8. The summed E-state index contributed by atoms with van der Waals surface area (Å²) < 4.78 is 12.8. The molecular weight excluding hydrogens is 237 g/mol. The highest BCUT2D eigenvalue weighted by Gasteiger charge is 2.04. The van der Waals surface area contributed by atoms with E-state index >= 15 is 0 Å². The first-order valence-electron chi connectivity index (χ1n) is 6.63. The van der Waals surface area contributed by atoms with E-state index in [1.54, 1.807) is 0 Å².